The second-order valence-corrected chi connectivity index (χ2v) is 7.45. The summed E-state index contributed by atoms with van der Waals surface area (Å²) in [6, 6.07) is 14.2. The zero-order valence-corrected chi connectivity index (χ0v) is 17.6. The zero-order chi connectivity index (χ0) is 20.1. The third-order valence-electron chi connectivity index (χ3n) is 5.21. The number of aliphatic hydroxyl groups excluding tert-OH is 1. The topological polar surface area (TPSA) is 54.4 Å². The summed E-state index contributed by atoms with van der Waals surface area (Å²) in [4.78, 5) is 4.46. The first kappa shape index (κ1) is 22.6. The molecule has 2 aromatic rings. The van der Waals surface area contributed by atoms with Crippen LogP contribution in [0.5, 0.6) is 11.5 Å². The molecule has 0 aromatic heterocycles. The van der Waals surface area contributed by atoms with Crippen molar-refractivity contribution in [3.8, 4) is 11.5 Å². The number of aliphatic hydroxyl groups is 1. The normalized spacial score (nSPS) is 19.8. The van der Waals surface area contributed by atoms with Crippen molar-refractivity contribution in [2.24, 2.45) is 0 Å². The molecular weight excluding hydrogens is 411 g/mol. The molecule has 2 aromatic carbocycles. The first-order valence-corrected chi connectivity index (χ1v) is 10.0. The summed E-state index contributed by atoms with van der Waals surface area (Å²) in [7, 11) is 0. The highest BCUT2D eigenvalue weighted by Crippen LogP contribution is 2.30. The Bertz CT molecular complexity index is 787. The minimum atomic E-state index is -0.552. The Balaban J connectivity index is 0.00000256. The Kier molecular flexibility index (Phi) is 8.16. The van der Waals surface area contributed by atoms with Gasteiger partial charge in [-0.15, -0.1) is 12.4 Å². The van der Waals surface area contributed by atoms with Crippen LogP contribution in [-0.4, -0.2) is 74.8 Å². The van der Waals surface area contributed by atoms with Crippen LogP contribution in [0, 0.1) is 5.82 Å². The number of fused-ring (bicyclic) bond motifs is 1. The molecule has 164 valence electrons. The van der Waals surface area contributed by atoms with Crippen molar-refractivity contribution in [1.82, 2.24) is 4.90 Å². The molecule has 1 fully saturated rings. The molecule has 6 nitrogen and oxygen atoms in total. The molecule has 2 heterocycles. The lowest BCUT2D eigenvalue weighted by atomic mass is 10.2. The highest BCUT2D eigenvalue weighted by molar-refractivity contribution is 5.85. The highest BCUT2D eigenvalue weighted by atomic mass is 35.5. The van der Waals surface area contributed by atoms with Crippen molar-refractivity contribution in [3.63, 3.8) is 0 Å². The van der Waals surface area contributed by atoms with Gasteiger partial charge in [0.05, 0.1) is 19.3 Å². The van der Waals surface area contributed by atoms with Gasteiger partial charge < -0.3 is 24.2 Å². The van der Waals surface area contributed by atoms with Gasteiger partial charge in [0.15, 0.2) is 17.6 Å². The van der Waals surface area contributed by atoms with Gasteiger partial charge in [-0.3, -0.25) is 4.90 Å². The number of hydrogen-bond donors (Lipinski definition) is 1. The molecule has 0 bridgehead atoms. The monoisotopic (exact) mass is 438 g/mol. The van der Waals surface area contributed by atoms with Gasteiger partial charge in [-0.2, -0.15) is 0 Å². The average Bonchev–Trinajstić information content (AvgIpc) is 2.75. The highest BCUT2D eigenvalue weighted by Gasteiger charge is 2.22. The molecule has 2 aliphatic heterocycles. The van der Waals surface area contributed by atoms with E-state index in [1.807, 2.05) is 36.4 Å². The molecular formula is C22H28ClFN2O4. The van der Waals surface area contributed by atoms with Crippen LogP contribution in [0.2, 0.25) is 0 Å². The van der Waals surface area contributed by atoms with Gasteiger partial charge in [-0.25, -0.2) is 4.39 Å². The van der Waals surface area contributed by atoms with Crippen molar-refractivity contribution < 1.29 is 23.7 Å². The Labute approximate surface area is 182 Å². The SMILES string of the molecule is Cl.OC(COCC1COc2ccccc2O1)CN1CCN(c2ccc(F)cc2)CC1. The van der Waals surface area contributed by atoms with E-state index in [9.17, 15) is 9.50 Å². The Hall–Kier alpha value is -2.06. The second kappa shape index (κ2) is 10.8. The van der Waals surface area contributed by atoms with Crippen LogP contribution in [0.4, 0.5) is 10.1 Å². The second-order valence-electron chi connectivity index (χ2n) is 7.45. The smallest absolute Gasteiger partial charge is 0.161 e. The number of rotatable bonds is 7. The van der Waals surface area contributed by atoms with Gasteiger partial charge in [0.2, 0.25) is 0 Å². The molecule has 1 N–H and O–H groups in total. The Morgan fingerprint density at radius 2 is 1.73 bits per heavy atom. The number of para-hydroxylation sites is 2. The van der Waals surface area contributed by atoms with Crippen molar-refractivity contribution in [2.75, 3.05) is 57.4 Å². The van der Waals surface area contributed by atoms with Crippen molar-refractivity contribution >= 4 is 18.1 Å². The lowest BCUT2D eigenvalue weighted by molar-refractivity contribution is -0.0292. The van der Waals surface area contributed by atoms with Crippen LogP contribution < -0.4 is 14.4 Å². The largest absolute Gasteiger partial charge is 0.486 e. The number of halogens is 2. The minimum Gasteiger partial charge on any atom is -0.486 e. The predicted molar refractivity (Wildman–Crippen MR) is 115 cm³/mol. The van der Waals surface area contributed by atoms with Gasteiger partial charge in [-0.05, 0) is 36.4 Å². The first-order valence-electron chi connectivity index (χ1n) is 10.0. The molecule has 1 saturated heterocycles. The summed E-state index contributed by atoms with van der Waals surface area (Å²) in [5.74, 6) is 1.26. The van der Waals surface area contributed by atoms with E-state index in [4.69, 9.17) is 14.2 Å². The Morgan fingerprint density at radius 3 is 2.47 bits per heavy atom. The quantitative estimate of drug-likeness (QED) is 0.717. The van der Waals surface area contributed by atoms with E-state index in [0.29, 0.717) is 19.8 Å². The van der Waals surface area contributed by atoms with E-state index < -0.39 is 6.10 Å². The number of β-amino-alcohol motifs (C(OH)–C–C–N with tert-alkyl or cyclic N) is 1. The van der Waals surface area contributed by atoms with E-state index >= 15 is 0 Å². The van der Waals surface area contributed by atoms with Gasteiger partial charge in [-0.1, -0.05) is 12.1 Å². The number of piperazine rings is 1. The Morgan fingerprint density at radius 1 is 1.03 bits per heavy atom. The fourth-order valence-electron chi connectivity index (χ4n) is 3.67. The van der Waals surface area contributed by atoms with Crippen LogP contribution in [0.3, 0.4) is 0 Å². The number of hydrogen-bond acceptors (Lipinski definition) is 6. The molecule has 0 aliphatic carbocycles. The van der Waals surface area contributed by atoms with Gasteiger partial charge >= 0.3 is 0 Å². The molecule has 0 amide bonds. The summed E-state index contributed by atoms with van der Waals surface area (Å²) < 4.78 is 30.3. The maximum absolute atomic E-state index is 13.1. The summed E-state index contributed by atoms with van der Waals surface area (Å²) >= 11 is 0. The number of ether oxygens (including phenoxy) is 3. The fraction of sp³-hybridized carbons (Fsp3) is 0.455. The minimum absolute atomic E-state index is 0. The molecule has 8 heteroatoms. The van der Waals surface area contributed by atoms with Crippen molar-refractivity contribution in [1.29, 1.82) is 0 Å². The van der Waals surface area contributed by atoms with Gasteiger partial charge in [0.1, 0.15) is 12.4 Å². The summed E-state index contributed by atoms with van der Waals surface area (Å²) in [5, 5.41) is 10.3. The van der Waals surface area contributed by atoms with Crippen LogP contribution in [0.15, 0.2) is 48.5 Å². The van der Waals surface area contributed by atoms with E-state index in [-0.39, 0.29) is 30.9 Å². The molecule has 2 aliphatic rings. The molecule has 2 atom stereocenters. The van der Waals surface area contributed by atoms with Crippen LogP contribution in [0.1, 0.15) is 0 Å². The standard InChI is InChI=1S/C22H27FN2O4.ClH/c23-17-5-7-18(8-6-17)25-11-9-24(10-12-25)13-19(26)14-27-15-20-16-28-21-3-1-2-4-22(21)29-20;/h1-8,19-20,26H,9-16H2;1H. The molecule has 0 saturated carbocycles. The van der Waals surface area contributed by atoms with Crippen molar-refractivity contribution in [2.45, 2.75) is 12.2 Å². The average molecular weight is 439 g/mol. The maximum Gasteiger partial charge on any atom is 0.161 e. The summed E-state index contributed by atoms with van der Waals surface area (Å²) in [5.41, 5.74) is 1.03. The zero-order valence-electron chi connectivity index (χ0n) is 16.8. The maximum atomic E-state index is 13.1. The molecule has 0 spiro atoms. The molecule has 30 heavy (non-hydrogen) atoms. The van der Waals surface area contributed by atoms with Crippen LogP contribution in [0.25, 0.3) is 0 Å². The van der Waals surface area contributed by atoms with Gasteiger partial charge in [0, 0.05) is 38.4 Å². The third-order valence-corrected chi connectivity index (χ3v) is 5.21. The number of anilines is 1. The number of nitrogens with zero attached hydrogens (tertiary/aromatic N) is 2. The molecule has 0 radical (unpaired) electrons. The van der Waals surface area contributed by atoms with E-state index in [2.05, 4.69) is 9.80 Å². The third kappa shape index (κ3) is 5.98. The van der Waals surface area contributed by atoms with Crippen molar-refractivity contribution in [3.05, 3.63) is 54.3 Å². The lowest BCUT2D eigenvalue weighted by Crippen LogP contribution is -2.49. The number of benzene rings is 2. The van der Waals surface area contributed by atoms with Crippen LogP contribution >= 0.6 is 12.4 Å². The fourth-order valence-corrected chi connectivity index (χ4v) is 3.67. The molecule has 2 unspecified atom stereocenters. The summed E-state index contributed by atoms with van der Waals surface area (Å²) in [6.07, 6.45) is -0.722. The van der Waals surface area contributed by atoms with Gasteiger partial charge in [0.25, 0.3) is 0 Å². The first-order chi connectivity index (χ1) is 14.2. The molecule has 4 rings (SSSR count). The van der Waals surface area contributed by atoms with E-state index in [1.165, 1.54) is 12.1 Å². The van der Waals surface area contributed by atoms with E-state index in [1.54, 1.807) is 0 Å². The summed E-state index contributed by atoms with van der Waals surface area (Å²) in [6.45, 7) is 5.07. The lowest BCUT2D eigenvalue weighted by Gasteiger charge is -2.37. The predicted octanol–water partition coefficient (Wildman–Crippen LogP) is 2.59. The van der Waals surface area contributed by atoms with E-state index in [0.717, 1.165) is 43.4 Å². The van der Waals surface area contributed by atoms with Crippen LogP contribution in [-0.2, 0) is 4.74 Å².